The fourth-order valence-electron chi connectivity index (χ4n) is 2.99. The molecule has 1 aromatic heterocycles. The van der Waals surface area contributed by atoms with E-state index in [1.807, 2.05) is 6.20 Å². The zero-order valence-electron chi connectivity index (χ0n) is 12.6. The van der Waals surface area contributed by atoms with Crippen LogP contribution in [0.25, 0.3) is 0 Å². The van der Waals surface area contributed by atoms with E-state index in [9.17, 15) is 0 Å². The molecule has 3 unspecified atom stereocenters. The monoisotopic (exact) mass is 340 g/mol. The van der Waals surface area contributed by atoms with E-state index in [1.54, 1.807) is 0 Å². The van der Waals surface area contributed by atoms with Gasteiger partial charge >= 0.3 is 0 Å². The molecule has 20 heavy (non-hydrogen) atoms. The SMILES string of the molecule is CCCNc1ncc(Br)c(NC2CCC(CC)C2C)n1. The van der Waals surface area contributed by atoms with Crippen LogP contribution in [0.15, 0.2) is 10.7 Å². The van der Waals surface area contributed by atoms with Crippen molar-refractivity contribution in [3.05, 3.63) is 10.7 Å². The molecule has 3 atom stereocenters. The normalized spacial score (nSPS) is 25.7. The van der Waals surface area contributed by atoms with Crippen LogP contribution in [-0.2, 0) is 0 Å². The lowest BCUT2D eigenvalue weighted by atomic mass is 9.93. The van der Waals surface area contributed by atoms with Crippen molar-refractivity contribution in [2.45, 2.75) is 52.5 Å². The summed E-state index contributed by atoms with van der Waals surface area (Å²) in [4.78, 5) is 8.87. The minimum Gasteiger partial charge on any atom is -0.366 e. The maximum Gasteiger partial charge on any atom is 0.224 e. The largest absolute Gasteiger partial charge is 0.366 e. The Labute approximate surface area is 130 Å². The second-order valence-electron chi connectivity index (χ2n) is 5.67. The number of hydrogen-bond acceptors (Lipinski definition) is 4. The maximum absolute atomic E-state index is 4.58. The summed E-state index contributed by atoms with van der Waals surface area (Å²) in [5.74, 6) is 3.15. The van der Waals surface area contributed by atoms with Crippen molar-refractivity contribution in [3.63, 3.8) is 0 Å². The lowest BCUT2D eigenvalue weighted by Crippen LogP contribution is -2.25. The molecule has 4 nitrogen and oxygen atoms in total. The Hall–Kier alpha value is -0.840. The van der Waals surface area contributed by atoms with Gasteiger partial charge in [0.2, 0.25) is 5.95 Å². The summed E-state index contributed by atoms with van der Waals surface area (Å²) < 4.78 is 0.937. The minimum atomic E-state index is 0.519. The van der Waals surface area contributed by atoms with Gasteiger partial charge in [-0.25, -0.2) is 4.98 Å². The van der Waals surface area contributed by atoms with Gasteiger partial charge in [-0.3, -0.25) is 0 Å². The van der Waals surface area contributed by atoms with Gasteiger partial charge in [-0.15, -0.1) is 0 Å². The first-order valence-corrected chi connectivity index (χ1v) is 8.47. The quantitative estimate of drug-likeness (QED) is 0.810. The summed E-state index contributed by atoms with van der Waals surface area (Å²) in [5.41, 5.74) is 0. The molecule has 2 N–H and O–H groups in total. The third kappa shape index (κ3) is 3.62. The highest BCUT2D eigenvalue weighted by Crippen LogP contribution is 2.36. The van der Waals surface area contributed by atoms with E-state index in [1.165, 1.54) is 19.3 Å². The highest BCUT2D eigenvalue weighted by molar-refractivity contribution is 9.10. The van der Waals surface area contributed by atoms with Crippen LogP contribution in [0.2, 0.25) is 0 Å². The Morgan fingerprint density at radius 2 is 2.15 bits per heavy atom. The van der Waals surface area contributed by atoms with E-state index in [0.29, 0.717) is 17.9 Å². The Morgan fingerprint density at radius 3 is 2.80 bits per heavy atom. The van der Waals surface area contributed by atoms with Crippen LogP contribution in [-0.4, -0.2) is 22.6 Å². The van der Waals surface area contributed by atoms with Gasteiger partial charge in [-0.2, -0.15) is 4.98 Å². The molecule has 1 saturated carbocycles. The van der Waals surface area contributed by atoms with Crippen molar-refractivity contribution < 1.29 is 0 Å². The summed E-state index contributed by atoms with van der Waals surface area (Å²) in [6.45, 7) is 7.68. The first-order chi connectivity index (χ1) is 9.65. The second kappa shape index (κ2) is 7.25. The number of anilines is 2. The van der Waals surface area contributed by atoms with E-state index < -0.39 is 0 Å². The van der Waals surface area contributed by atoms with Crippen LogP contribution in [0.1, 0.15) is 46.5 Å². The van der Waals surface area contributed by atoms with Crippen LogP contribution < -0.4 is 10.6 Å². The highest BCUT2D eigenvalue weighted by atomic mass is 79.9. The van der Waals surface area contributed by atoms with Crippen molar-refractivity contribution in [3.8, 4) is 0 Å². The van der Waals surface area contributed by atoms with Gasteiger partial charge in [-0.1, -0.05) is 27.2 Å². The molecule has 0 spiro atoms. The van der Waals surface area contributed by atoms with Gasteiger partial charge in [0, 0.05) is 18.8 Å². The lowest BCUT2D eigenvalue weighted by Gasteiger charge is -2.22. The van der Waals surface area contributed by atoms with Crippen molar-refractivity contribution in [1.29, 1.82) is 0 Å². The van der Waals surface area contributed by atoms with Crippen molar-refractivity contribution in [1.82, 2.24) is 9.97 Å². The predicted molar refractivity (Wildman–Crippen MR) is 88.1 cm³/mol. The molecule has 0 amide bonds. The number of nitrogens with one attached hydrogen (secondary N) is 2. The summed E-state index contributed by atoms with van der Waals surface area (Å²) in [5, 5.41) is 6.84. The average Bonchev–Trinajstić information content (AvgIpc) is 2.80. The molecule has 0 radical (unpaired) electrons. The third-order valence-electron chi connectivity index (χ3n) is 4.35. The van der Waals surface area contributed by atoms with Crippen molar-refractivity contribution in [2.24, 2.45) is 11.8 Å². The van der Waals surface area contributed by atoms with E-state index >= 15 is 0 Å². The Morgan fingerprint density at radius 1 is 1.35 bits per heavy atom. The molecule has 1 aliphatic carbocycles. The number of rotatable bonds is 6. The molecular formula is C15H25BrN4. The number of hydrogen-bond donors (Lipinski definition) is 2. The molecule has 0 aromatic carbocycles. The minimum absolute atomic E-state index is 0.519. The Bertz CT molecular complexity index is 438. The van der Waals surface area contributed by atoms with Gasteiger partial charge < -0.3 is 10.6 Å². The average molecular weight is 341 g/mol. The van der Waals surface area contributed by atoms with E-state index in [4.69, 9.17) is 0 Å². The molecule has 112 valence electrons. The first kappa shape index (κ1) is 15.5. The third-order valence-corrected chi connectivity index (χ3v) is 4.93. The number of halogens is 1. The van der Waals surface area contributed by atoms with E-state index in [2.05, 4.69) is 57.3 Å². The fourth-order valence-corrected chi connectivity index (χ4v) is 3.30. The van der Waals surface area contributed by atoms with Crippen LogP contribution in [0.3, 0.4) is 0 Å². The molecule has 2 rings (SSSR count). The van der Waals surface area contributed by atoms with Gasteiger partial charge in [0.1, 0.15) is 5.82 Å². The maximum atomic E-state index is 4.58. The standard InChI is InChI=1S/C15H25BrN4/c1-4-8-17-15-18-9-12(16)14(20-15)19-13-7-6-11(5-2)10(13)3/h9-11,13H,4-8H2,1-3H3,(H2,17,18,19,20). The Balaban J connectivity index is 2.05. The zero-order chi connectivity index (χ0) is 14.5. The second-order valence-corrected chi connectivity index (χ2v) is 6.53. The van der Waals surface area contributed by atoms with Crippen LogP contribution in [0.5, 0.6) is 0 Å². The Kier molecular flexibility index (Phi) is 5.64. The van der Waals surface area contributed by atoms with E-state index in [-0.39, 0.29) is 0 Å². The van der Waals surface area contributed by atoms with Crippen LogP contribution in [0, 0.1) is 11.8 Å². The van der Waals surface area contributed by atoms with E-state index in [0.717, 1.165) is 29.2 Å². The molecule has 1 fully saturated rings. The van der Waals surface area contributed by atoms with Gasteiger partial charge in [0.15, 0.2) is 0 Å². The van der Waals surface area contributed by atoms with Crippen molar-refractivity contribution >= 4 is 27.7 Å². The topological polar surface area (TPSA) is 49.8 Å². The molecule has 1 aromatic rings. The molecular weight excluding hydrogens is 316 g/mol. The van der Waals surface area contributed by atoms with Gasteiger partial charge in [0.25, 0.3) is 0 Å². The summed E-state index contributed by atoms with van der Waals surface area (Å²) >= 11 is 3.54. The zero-order valence-corrected chi connectivity index (χ0v) is 14.2. The predicted octanol–water partition coefficient (Wildman–Crippen LogP) is 4.30. The molecule has 5 heteroatoms. The summed E-state index contributed by atoms with van der Waals surface area (Å²) in [6, 6.07) is 0.519. The molecule has 1 heterocycles. The summed E-state index contributed by atoms with van der Waals surface area (Å²) in [7, 11) is 0. The molecule has 1 aliphatic rings. The smallest absolute Gasteiger partial charge is 0.224 e. The van der Waals surface area contributed by atoms with Gasteiger partial charge in [-0.05, 0) is 47.0 Å². The highest BCUT2D eigenvalue weighted by Gasteiger charge is 2.31. The number of nitrogens with zero attached hydrogens (tertiary/aromatic N) is 2. The van der Waals surface area contributed by atoms with Gasteiger partial charge in [0.05, 0.1) is 4.47 Å². The molecule has 0 bridgehead atoms. The molecule has 0 aliphatic heterocycles. The fraction of sp³-hybridized carbons (Fsp3) is 0.733. The molecule has 0 saturated heterocycles. The van der Waals surface area contributed by atoms with Crippen LogP contribution in [0.4, 0.5) is 11.8 Å². The first-order valence-electron chi connectivity index (χ1n) is 7.68. The van der Waals surface area contributed by atoms with Crippen LogP contribution >= 0.6 is 15.9 Å². The van der Waals surface area contributed by atoms with Crippen molar-refractivity contribution in [2.75, 3.05) is 17.2 Å². The summed E-state index contributed by atoms with van der Waals surface area (Å²) in [6.07, 6.45) is 6.71. The number of aromatic nitrogens is 2. The lowest BCUT2D eigenvalue weighted by molar-refractivity contribution is 0.391.